The molecule has 4 amide bonds. The summed E-state index contributed by atoms with van der Waals surface area (Å²) in [7, 11) is 0. The van der Waals surface area contributed by atoms with E-state index in [2.05, 4.69) is 6.92 Å². The number of nitrogens with zero attached hydrogens (tertiary/aromatic N) is 2. The summed E-state index contributed by atoms with van der Waals surface area (Å²) in [5, 5.41) is 0. The maximum atomic E-state index is 12.3. The van der Waals surface area contributed by atoms with Crippen molar-refractivity contribution in [2.24, 2.45) is 29.6 Å². The van der Waals surface area contributed by atoms with E-state index in [1.807, 2.05) is 0 Å². The molecule has 0 spiro atoms. The molecule has 0 aromatic rings. The van der Waals surface area contributed by atoms with E-state index in [9.17, 15) is 28.8 Å². The molecule has 2 aliphatic heterocycles. The van der Waals surface area contributed by atoms with Crippen LogP contribution in [0.2, 0.25) is 0 Å². The van der Waals surface area contributed by atoms with Crippen LogP contribution in [0.3, 0.4) is 0 Å². The van der Waals surface area contributed by atoms with Crippen molar-refractivity contribution in [3.63, 3.8) is 0 Å². The number of amides is 4. The van der Waals surface area contributed by atoms with Crippen LogP contribution in [0.4, 0.5) is 0 Å². The third-order valence-electron chi connectivity index (χ3n) is 9.69. The van der Waals surface area contributed by atoms with E-state index in [4.69, 9.17) is 9.47 Å². The van der Waals surface area contributed by atoms with E-state index in [1.54, 1.807) is 0 Å². The number of fused-ring (bicyclic) bond motifs is 2. The van der Waals surface area contributed by atoms with Crippen LogP contribution >= 0.6 is 0 Å². The van der Waals surface area contributed by atoms with E-state index in [0.717, 1.165) is 38.5 Å². The maximum absolute atomic E-state index is 12.3. The van der Waals surface area contributed by atoms with Gasteiger partial charge in [0, 0.05) is 50.2 Å². The average Bonchev–Trinajstić information content (AvgIpc) is 3.73. The number of imide groups is 2. The molecule has 2 aliphatic carbocycles. The number of rotatable bonds is 19. The number of hydrogen-bond donors (Lipinski definition) is 0. The van der Waals surface area contributed by atoms with Gasteiger partial charge in [-0.25, -0.2) is 0 Å². The Morgan fingerprint density at radius 2 is 1.23 bits per heavy atom. The summed E-state index contributed by atoms with van der Waals surface area (Å²) in [6, 6.07) is 0. The van der Waals surface area contributed by atoms with Crippen molar-refractivity contribution >= 4 is 35.6 Å². The Labute approximate surface area is 254 Å². The zero-order valence-electron chi connectivity index (χ0n) is 25.4. The molecule has 2 saturated carbocycles. The number of carbonyl (C=O) groups is 6. The van der Waals surface area contributed by atoms with Gasteiger partial charge < -0.3 is 9.47 Å². The van der Waals surface area contributed by atoms with Gasteiger partial charge in [-0.15, -0.1) is 0 Å². The summed E-state index contributed by atoms with van der Waals surface area (Å²) >= 11 is 0. The van der Waals surface area contributed by atoms with Gasteiger partial charge in [0.2, 0.25) is 0 Å². The summed E-state index contributed by atoms with van der Waals surface area (Å²) in [6.45, 7) is 3.95. The first kappa shape index (κ1) is 32.6. The molecule has 4 aliphatic rings. The van der Waals surface area contributed by atoms with Crippen LogP contribution in [0.1, 0.15) is 90.4 Å². The van der Waals surface area contributed by atoms with Crippen molar-refractivity contribution < 1.29 is 38.2 Å². The van der Waals surface area contributed by atoms with Crippen LogP contribution in [0.25, 0.3) is 0 Å². The van der Waals surface area contributed by atoms with E-state index in [0.29, 0.717) is 94.4 Å². The van der Waals surface area contributed by atoms with Crippen molar-refractivity contribution in [3.05, 3.63) is 24.3 Å². The van der Waals surface area contributed by atoms with Crippen molar-refractivity contribution in [1.82, 2.24) is 9.80 Å². The van der Waals surface area contributed by atoms with Gasteiger partial charge in [0.15, 0.2) is 0 Å². The van der Waals surface area contributed by atoms with Crippen molar-refractivity contribution in [1.29, 1.82) is 0 Å². The molecule has 0 N–H and O–H groups in total. The minimum atomic E-state index is -0.268. The zero-order valence-corrected chi connectivity index (χ0v) is 25.4. The fourth-order valence-corrected chi connectivity index (χ4v) is 7.57. The normalized spacial score (nSPS) is 25.9. The molecular weight excluding hydrogens is 552 g/mol. The maximum Gasteiger partial charge on any atom is 0.305 e. The Hall–Kier alpha value is -3.30. The van der Waals surface area contributed by atoms with E-state index < -0.39 is 0 Å². The summed E-state index contributed by atoms with van der Waals surface area (Å²) in [6.07, 6.45) is 15.4. The molecule has 2 fully saturated rings. The molecule has 0 aromatic carbocycles. The molecule has 0 saturated heterocycles. The van der Waals surface area contributed by atoms with Gasteiger partial charge in [-0.3, -0.25) is 38.6 Å². The first-order chi connectivity index (χ1) is 20.8. The highest BCUT2D eigenvalue weighted by atomic mass is 16.5. The zero-order chi connectivity index (χ0) is 30.8. The topological polar surface area (TPSA) is 127 Å². The van der Waals surface area contributed by atoms with Crippen LogP contribution in [0.15, 0.2) is 24.3 Å². The second-order valence-electron chi connectivity index (χ2n) is 12.4. The summed E-state index contributed by atoms with van der Waals surface area (Å²) in [5.74, 6) is 1.48. The lowest BCUT2D eigenvalue weighted by atomic mass is 9.71. The molecule has 10 heteroatoms. The fraction of sp³-hybridized carbons (Fsp3) is 0.697. The quantitative estimate of drug-likeness (QED) is 0.123. The van der Waals surface area contributed by atoms with E-state index in [-0.39, 0.29) is 35.6 Å². The van der Waals surface area contributed by atoms with Crippen molar-refractivity contribution in [2.75, 3.05) is 26.3 Å². The second-order valence-corrected chi connectivity index (χ2v) is 12.4. The third kappa shape index (κ3) is 8.86. The van der Waals surface area contributed by atoms with Crippen molar-refractivity contribution in [2.45, 2.75) is 90.4 Å². The Morgan fingerprint density at radius 3 is 1.77 bits per heavy atom. The van der Waals surface area contributed by atoms with Crippen LogP contribution in [-0.4, -0.2) is 71.7 Å². The lowest BCUT2D eigenvalue weighted by Gasteiger charge is -2.35. The predicted molar refractivity (Wildman–Crippen MR) is 157 cm³/mol. The molecule has 2 heterocycles. The molecule has 0 aromatic heterocycles. The number of ether oxygens (including phenoxy) is 2. The molecular formula is C33H46N2O8. The van der Waals surface area contributed by atoms with Gasteiger partial charge >= 0.3 is 11.9 Å². The van der Waals surface area contributed by atoms with Gasteiger partial charge in [-0.05, 0) is 81.0 Å². The number of unbranched alkanes of at least 4 members (excludes halogenated alkanes) is 4. The first-order valence-electron chi connectivity index (χ1n) is 16.2. The van der Waals surface area contributed by atoms with E-state index >= 15 is 0 Å². The van der Waals surface area contributed by atoms with Gasteiger partial charge in [0.1, 0.15) is 0 Å². The van der Waals surface area contributed by atoms with E-state index in [1.165, 1.54) is 40.5 Å². The molecule has 0 radical (unpaired) electrons. The van der Waals surface area contributed by atoms with Gasteiger partial charge in [0.05, 0.1) is 13.2 Å². The smallest absolute Gasteiger partial charge is 0.305 e. The Bertz CT molecular complexity index is 1080. The summed E-state index contributed by atoms with van der Waals surface area (Å²) < 4.78 is 11.1. The van der Waals surface area contributed by atoms with Crippen LogP contribution in [0, 0.1) is 29.6 Å². The highest BCUT2D eigenvalue weighted by Crippen LogP contribution is 2.57. The van der Waals surface area contributed by atoms with Crippen LogP contribution in [-0.2, 0) is 38.2 Å². The number of esters is 2. The van der Waals surface area contributed by atoms with Gasteiger partial charge in [-0.2, -0.15) is 0 Å². The highest BCUT2D eigenvalue weighted by Gasteiger charge is 2.51. The lowest BCUT2D eigenvalue weighted by molar-refractivity contribution is -0.146. The molecule has 236 valence electrons. The largest absolute Gasteiger partial charge is 0.466 e. The van der Waals surface area contributed by atoms with Crippen LogP contribution in [0.5, 0.6) is 0 Å². The minimum Gasteiger partial charge on any atom is -0.466 e. The van der Waals surface area contributed by atoms with Crippen molar-refractivity contribution in [3.8, 4) is 0 Å². The third-order valence-corrected chi connectivity index (χ3v) is 9.69. The Morgan fingerprint density at radius 1 is 0.698 bits per heavy atom. The van der Waals surface area contributed by atoms with Crippen LogP contribution < -0.4 is 0 Å². The Balaban J connectivity index is 1.02. The highest BCUT2D eigenvalue weighted by molar-refractivity contribution is 6.13. The molecule has 43 heavy (non-hydrogen) atoms. The number of carbonyl (C=O) groups excluding carboxylic acids is 6. The minimum absolute atomic E-state index is 0.168. The molecule has 5 atom stereocenters. The molecule has 5 unspecified atom stereocenters. The standard InChI is InChI=1S/C33H46N2O8/c1-2-25-26(10-9-19-42-32(40)11-5-3-7-17-34-28(36)13-14-29(34)37)23-20-24(27(25)21-23)22-43-33(41)12-6-4-8-18-35-30(38)15-16-31(35)39/h13-16,23-27H,2-12,17-22H2,1H3. The van der Waals surface area contributed by atoms with Gasteiger partial charge in [-0.1, -0.05) is 26.2 Å². The average molecular weight is 599 g/mol. The SMILES string of the molecule is CCC1C(CCCOC(=O)CCCCCN2C(=O)C=CC2=O)C2CC(COC(=O)CCCCCN3C(=O)C=CC3=O)C1C2. The number of hydrogen-bond acceptors (Lipinski definition) is 8. The summed E-state index contributed by atoms with van der Waals surface area (Å²) in [4.78, 5) is 73.2. The molecule has 10 nitrogen and oxygen atoms in total. The Kier molecular flexibility index (Phi) is 12.1. The lowest BCUT2D eigenvalue weighted by Crippen LogP contribution is -2.31. The monoisotopic (exact) mass is 598 g/mol. The van der Waals surface area contributed by atoms with Gasteiger partial charge in [0.25, 0.3) is 23.6 Å². The summed E-state index contributed by atoms with van der Waals surface area (Å²) in [5.41, 5.74) is 0. The second kappa shape index (κ2) is 16.0. The predicted octanol–water partition coefficient (Wildman–Crippen LogP) is 4.12. The molecule has 4 rings (SSSR count). The first-order valence-corrected chi connectivity index (χ1v) is 16.2. The molecule has 2 bridgehead atoms. The fourth-order valence-electron chi connectivity index (χ4n) is 7.57.